The number of thiophene rings is 1. The Morgan fingerprint density at radius 2 is 1.44 bits per heavy atom. The zero-order valence-corrected chi connectivity index (χ0v) is 22.9. The molecule has 2 aromatic rings. The number of methoxy groups -OCH3 is 1. The number of rotatable bonds is 10. The summed E-state index contributed by atoms with van der Waals surface area (Å²) >= 11 is 1.39. The van der Waals surface area contributed by atoms with E-state index < -0.39 is 54.6 Å². The molecular formula is C27H30O11S. The Morgan fingerprint density at radius 1 is 0.821 bits per heavy atom. The number of hydrogen-bond acceptors (Lipinski definition) is 12. The van der Waals surface area contributed by atoms with E-state index >= 15 is 0 Å². The highest BCUT2D eigenvalue weighted by molar-refractivity contribution is 7.11. The van der Waals surface area contributed by atoms with Crippen LogP contribution in [0.15, 0.2) is 35.7 Å². The minimum absolute atomic E-state index is 0.342. The first-order valence-electron chi connectivity index (χ1n) is 11.9. The molecule has 0 saturated carbocycles. The van der Waals surface area contributed by atoms with Gasteiger partial charge in [0.15, 0.2) is 12.2 Å². The molecule has 1 saturated heterocycles. The lowest BCUT2D eigenvalue weighted by molar-refractivity contribution is -0.288. The minimum Gasteiger partial charge on any atom is -0.497 e. The second-order valence-corrected chi connectivity index (χ2v) is 9.39. The van der Waals surface area contributed by atoms with E-state index in [1.54, 1.807) is 18.6 Å². The molecule has 11 nitrogen and oxygen atoms in total. The summed E-state index contributed by atoms with van der Waals surface area (Å²) in [7, 11) is 1.59. The van der Waals surface area contributed by atoms with Crippen molar-refractivity contribution in [3.63, 3.8) is 0 Å². The van der Waals surface area contributed by atoms with Crippen molar-refractivity contribution >= 4 is 47.4 Å². The zero-order chi connectivity index (χ0) is 28.5. The standard InChI is InChI=1S/C27H30O11S/c1-15(28)33-14-22-24(34-16(2)29)25(35-17(3)30)26(36-18(4)31)27(38-22)37-21-12-13-39-23(21)11-8-19-6-9-20(32-5)10-7-19/h6-13,22,24-27H,14H2,1-5H3/b11-8+. The maximum atomic E-state index is 12.0. The van der Waals surface area contributed by atoms with Crippen molar-refractivity contribution in [1.82, 2.24) is 0 Å². The summed E-state index contributed by atoms with van der Waals surface area (Å²) in [6.07, 6.45) is -2.58. The predicted octanol–water partition coefficient (Wildman–Crippen LogP) is 3.39. The van der Waals surface area contributed by atoms with Gasteiger partial charge in [-0.25, -0.2) is 0 Å². The molecule has 0 bridgehead atoms. The Bertz CT molecular complexity index is 1190. The molecule has 0 spiro atoms. The third-order valence-corrected chi connectivity index (χ3v) is 6.25. The lowest BCUT2D eigenvalue weighted by Gasteiger charge is -2.43. The maximum Gasteiger partial charge on any atom is 0.303 e. The van der Waals surface area contributed by atoms with E-state index in [1.165, 1.54) is 25.2 Å². The summed E-state index contributed by atoms with van der Waals surface area (Å²) in [5, 5.41) is 1.80. The molecule has 210 valence electrons. The quantitative estimate of drug-likeness (QED) is 0.312. The first-order chi connectivity index (χ1) is 18.6. The van der Waals surface area contributed by atoms with Crippen molar-refractivity contribution < 1.29 is 52.3 Å². The third-order valence-electron chi connectivity index (χ3n) is 5.39. The highest BCUT2D eigenvalue weighted by atomic mass is 32.1. The van der Waals surface area contributed by atoms with E-state index in [2.05, 4.69) is 0 Å². The van der Waals surface area contributed by atoms with Gasteiger partial charge < -0.3 is 33.2 Å². The monoisotopic (exact) mass is 562 g/mol. The number of esters is 4. The smallest absolute Gasteiger partial charge is 0.303 e. The van der Waals surface area contributed by atoms with Gasteiger partial charge in [-0.05, 0) is 35.2 Å². The van der Waals surface area contributed by atoms with Gasteiger partial charge in [0.1, 0.15) is 24.2 Å². The molecule has 2 heterocycles. The summed E-state index contributed by atoms with van der Waals surface area (Å²) in [5.41, 5.74) is 0.919. The van der Waals surface area contributed by atoms with Crippen LogP contribution in [0.2, 0.25) is 0 Å². The molecule has 1 aliphatic heterocycles. The van der Waals surface area contributed by atoms with E-state index in [0.717, 1.165) is 30.0 Å². The average Bonchev–Trinajstić information content (AvgIpc) is 3.31. The minimum atomic E-state index is -1.32. The van der Waals surface area contributed by atoms with Crippen LogP contribution in [0.25, 0.3) is 12.2 Å². The lowest BCUT2D eigenvalue weighted by Crippen LogP contribution is -2.63. The predicted molar refractivity (Wildman–Crippen MR) is 139 cm³/mol. The first kappa shape index (κ1) is 29.7. The van der Waals surface area contributed by atoms with Gasteiger partial charge in [-0.15, -0.1) is 11.3 Å². The highest BCUT2D eigenvalue weighted by Gasteiger charge is 2.53. The van der Waals surface area contributed by atoms with E-state index in [0.29, 0.717) is 5.75 Å². The molecule has 0 amide bonds. The fraction of sp³-hybridized carbons (Fsp3) is 0.407. The molecule has 39 heavy (non-hydrogen) atoms. The number of carbonyl (C=O) groups is 4. The Kier molecular flexibility index (Phi) is 10.5. The van der Waals surface area contributed by atoms with Gasteiger partial charge in [0.25, 0.3) is 0 Å². The third kappa shape index (κ3) is 8.55. The molecule has 0 radical (unpaired) electrons. The summed E-state index contributed by atoms with van der Waals surface area (Å²) < 4.78 is 38.7. The van der Waals surface area contributed by atoms with Crippen LogP contribution >= 0.6 is 11.3 Å². The first-order valence-corrected chi connectivity index (χ1v) is 12.8. The van der Waals surface area contributed by atoms with Crippen LogP contribution in [0.4, 0.5) is 0 Å². The van der Waals surface area contributed by atoms with E-state index in [9.17, 15) is 19.2 Å². The number of hydrogen-bond donors (Lipinski definition) is 0. The number of carbonyl (C=O) groups excluding carboxylic acids is 4. The lowest BCUT2D eigenvalue weighted by atomic mass is 9.98. The van der Waals surface area contributed by atoms with Crippen molar-refractivity contribution in [3.8, 4) is 11.5 Å². The van der Waals surface area contributed by atoms with Gasteiger partial charge in [0.05, 0.1) is 12.0 Å². The summed E-state index contributed by atoms with van der Waals surface area (Å²) in [5.74, 6) is -1.62. The van der Waals surface area contributed by atoms with Gasteiger partial charge in [-0.2, -0.15) is 0 Å². The molecule has 1 aliphatic rings. The van der Waals surface area contributed by atoms with Gasteiger partial charge in [0.2, 0.25) is 12.4 Å². The molecule has 0 aliphatic carbocycles. The maximum absolute atomic E-state index is 12.0. The molecular weight excluding hydrogens is 532 g/mol. The molecule has 5 unspecified atom stereocenters. The topological polar surface area (TPSA) is 133 Å². The normalized spacial score (nSPS) is 22.5. The Labute approximate surface area is 229 Å². The fourth-order valence-electron chi connectivity index (χ4n) is 3.82. The number of benzene rings is 1. The van der Waals surface area contributed by atoms with Crippen LogP contribution in [-0.2, 0) is 42.9 Å². The number of ether oxygens (including phenoxy) is 7. The van der Waals surface area contributed by atoms with Crippen molar-refractivity contribution in [2.75, 3.05) is 13.7 Å². The van der Waals surface area contributed by atoms with Crippen molar-refractivity contribution in [2.45, 2.75) is 58.4 Å². The van der Waals surface area contributed by atoms with Gasteiger partial charge in [-0.3, -0.25) is 19.2 Å². The Hall–Kier alpha value is -3.90. The fourth-order valence-corrected chi connectivity index (χ4v) is 4.54. The van der Waals surface area contributed by atoms with E-state index in [1.807, 2.05) is 36.4 Å². The molecule has 0 N–H and O–H groups in total. The van der Waals surface area contributed by atoms with Gasteiger partial charge in [-0.1, -0.05) is 18.2 Å². The summed E-state index contributed by atoms with van der Waals surface area (Å²) in [6, 6.07) is 9.16. The highest BCUT2D eigenvalue weighted by Crippen LogP contribution is 2.34. The van der Waals surface area contributed by atoms with Crippen molar-refractivity contribution in [2.24, 2.45) is 0 Å². The largest absolute Gasteiger partial charge is 0.497 e. The molecule has 1 aromatic heterocycles. The van der Waals surface area contributed by atoms with Gasteiger partial charge >= 0.3 is 23.9 Å². The van der Waals surface area contributed by atoms with E-state index in [4.69, 9.17) is 33.2 Å². The van der Waals surface area contributed by atoms with Crippen LogP contribution in [0.5, 0.6) is 11.5 Å². The average molecular weight is 563 g/mol. The van der Waals surface area contributed by atoms with Crippen LogP contribution in [0.1, 0.15) is 38.1 Å². The molecule has 3 rings (SSSR count). The summed E-state index contributed by atoms with van der Waals surface area (Å²) in [4.78, 5) is 48.1. The second kappa shape index (κ2) is 13.8. The van der Waals surface area contributed by atoms with Gasteiger partial charge in [0, 0.05) is 27.7 Å². The van der Waals surface area contributed by atoms with Crippen LogP contribution in [0, 0.1) is 0 Å². The van der Waals surface area contributed by atoms with E-state index in [-0.39, 0.29) is 6.61 Å². The van der Waals surface area contributed by atoms with Crippen LogP contribution < -0.4 is 9.47 Å². The Morgan fingerprint density at radius 3 is 2.03 bits per heavy atom. The molecule has 1 aromatic carbocycles. The molecule has 5 atom stereocenters. The zero-order valence-electron chi connectivity index (χ0n) is 22.1. The Balaban J connectivity index is 1.93. The van der Waals surface area contributed by atoms with Crippen molar-refractivity contribution in [1.29, 1.82) is 0 Å². The van der Waals surface area contributed by atoms with Crippen molar-refractivity contribution in [3.05, 3.63) is 46.2 Å². The SMILES string of the molecule is COc1ccc(/C=C/c2sccc2OC2OC(COC(C)=O)C(OC(C)=O)C(OC(C)=O)C2OC(C)=O)cc1. The second-order valence-electron chi connectivity index (χ2n) is 8.44. The summed E-state index contributed by atoms with van der Waals surface area (Å²) in [6.45, 7) is 4.34. The van der Waals surface area contributed by atoms with Crippen LogP contribution in [0.3, 0.4) is 0 Å². The van der Waals surface area contributed by atoms with Crippen LogP contribution in [-0.4, -0.2) is 68.3 Å². The molecule has 12 heteroatoms. The molecule has 1 fully saturated rings.